The van der Waals surface area contributed by atoms with Crippen molar-refractivity contribution < 1.29 is 9.59 Å². The number of benzene rings is 1. The number of carbonyl (C=O) groups is 2. The predicted molar refractivity (Wildman–Crippen MR) is 92.5 cm³/mol. The molecule has 7 heteroatoms. The van der Waals surface area contributed by atoms with Crippen molar-refractivity contribution in [3.8, 4) is 0 Å². The lowest BCUT2D eigenvalue weighted by atomic mass is 9.97. The van der Waals surface area contributed by atoms with Crippen molar-refractivity contribution in [1.29, 1.82) is 0 Å². The summed E-state index contributed by atoms with van der Waals surface area (Å²) in [6.45, 7) is 4.29. The molecule has 1 saturated heterocycles. The second-order valence-corrected chi connectivity index (χ2v) is 6.11. The van der Waals surface area contributed by atoms with Gasteiger partial charge in [0.2, 0.25) is 17.8 Å². The molecule has 1 aromatic heterocycles. The van der Waals surface area contributed by atoms with E-state index in [2.05, 4.69) is 27.8 Å². The van der Waals surface area contributed by atoms with Gasteiger partial charge in [-0.3, -0.25) is 9.59 Å². The molecule has 1 unspecified atom stereocenters. The number of nitrogens with one attached hydrogen (secondary N) is 1. The topological polar surface area (TPSA) is 93.3 Å². The highest BCUT2D eigenvalue weighted by atomic mass is 16.2. The molecule has 0 bridgehead atoms. The minimum Gasteiger partial charge on any atom is -0.368 e. The molecule has 128 valence electrons. The molecule has 1 aliphatic rings. The number of para-hydroxylation sites is 2. The zero-order chi connectivity index (χ0) is 17.1. The van der Waals surface area contributed by atoms with Crippen LogP contribution in [0.25, 0.3) is 11.0 Å². The first kappa shape index (κ1) is 16.3. The number of fused-ring (bicyclic) bond motifs is 1. The number of carbonyl (C=O) groups excluding carboxylic acids is 2. The maximum absolute atomic E-state index is 12.2. The Bertz CT molecular complexity index is 755. The molecule has 1 aromatic carbocycles. The van der Waals surface area contributed by atoms with Gasteiger partial charge in [0.15, 0.2) is 0 Å². The lowest BCUT2D eigenvalue weighted by Gasteiger charge is -2.33. The van der Waals surface area contributed by atoms with Crippen molar-refractivity contribution in [3.63, 3.8) is 0 Å². The van der Waals surface area contributed by atoms with Gasteiger partial charge in [0.1, 0.15) is 0 Å². The van der Waals surface area contributed by atoms with Crippen LogP contribution < -0.4 is 16.0 Å². The van der Waals surface area contributed by atoms with E-state index in [1.807, 2.05) is 18.2 Å². The fourth-order valence-electron chi connectivity index (χ4n) is 3.31. The monoisotopic (exact) mass is 329 g/mol. The van der Waals surface area contributed by atoms with Crippen molar-refractivity contribution in [2.24, 2.45) is 11.7 Å². The maximum atomic E-state index is 12.2. The summed E-state index contributed by atoms with van der Waals surface area (Å²) in [7, 11) is 0. The fraction of sp³-hybridized carbons (Fsp3) is 0.471. The van der Waals surface area contributed by atoms with Crippen LogP contribution in [-0.4, -0.2) is 41.0 Å². The molecule has 2 aromatic rings. The molecule has 0 spiro atoms. The van der Waals surface area contributed by atoms with Crippen molar-refractivity contribution in [2.75, 3.05) is 24.5 Å². The maximum Gasteiger partial charge on any atom is 0.236 e. The summed E-state index contributed by atoms with van der Waals surface area (Å²) >= 11 is 0. The summed E-state index contributed by atoms with van der Waals surface area (Å²) in [5.74, 6) is 0.121. The average Bonchev–Trinajstić information content (AvgIpc) is 2.98. The van der Waals surface area contributed by atoms with Crippen LogP contribution in [-0.2, 0) is 16.1 Å². The van der Waals surface area contributed by atoms with Crippen molar-refractivity contribution in [2.45, 2.75) is 26.3 Å². The Labute approximate surface area is 140 Å². The van der Waals surface area contributed by atoms with Crippen LogP contribution in [0.15, 0.2) is 24.3 Å². The number of hydrogen-bond acceptors (Lipinski definition) is 4. The molecule has 1 fully saturated rings. The highest BCUT2D eigenvalue weighted by Crippen LogP contribution is 2.26. The van der Waals surface area contributed by atoms with Crippen LogP contribution >= 0.6 is 0 Å². The number of amides is 2. The normalized spacial score (nSPS) is 17.9. The third kappa shape index (κ3) is 3.20. The van der Waals surface area contributed by atoms with Gasteiger partial charge in [-0.1, -0.05) is 12.1 Å². The van der Waals surface area contributed by atoms with Gasteiger partial charge in [0.25, 0.3) is 0 Å². The number of aryl methyl sites for hydroxylation is 1. The lowest BCUT2D eigenvalue weighted by Crippen LogP contribution is -2.45. The van der Waals surface area contributed by atoms with E-state index in [4.69, 9.17) is 10.7 Å². The molecule has 1 atom stereocenters. The Kier molecular flexibility index (Phi) is 4.69. The zero-order valence-electron chi connectivity index (χ0n) is 13.9. The summed E-state index contributed by atoms with van der Waals surface area (Å²) in [6.07, 6.45) is 1.73. The molecule has 0 radical (unpaired) electrons. The number of rotatable bonds is 5. The molecule has 2 heterocycles. The highest BCUT2D eigenvalue weighted by Gasteiger charge is 2.28. The second-order valence-electron chi connectivity index (χ2n) is 6.11. The van der Waals surface area contributed by atoms with E-state index < -0.39 is 5.91 Å². The SMILES string of the molecule is CCn1c(N2CCCC(C(=O)NCC(N)=O)C2)nc2ccccc21. The van der Waals surface area contributed by atoms with E-state index in [0.29, 0.717) is 6.54 Å². The minimum absolute atomic E-state index is 0.108. The summed E-state index contributed by atoms with van der Waals surface area (Å²) in [5, 5.41) is 2.61. The number of nitrogens with two attached hydrogens (primary N) is 1. The Morgan fingerprint density at radius 2 is 2.17 bits per heavy atom. The molecule has 0 saturated carbocycles. The summed E-state index contributed by atoms with van der Waals surface area (Å²) in [5.41, 5.74) is 7.17. The van der Waals surface area contributed by atoms with E-state index in [1.165, 1.54) is 0 Å². The predicted octanol–water partition coefficient (Wildman–Crippen LogP) is 0.874. The van der Waals surface area contributed by atoms with Crippen molar-refractivity contribution in [3.05, 3.63) is 24.3 Å². The zero-order valence-corrected chi connectivity index (χ0v) is 13.9. The third-order valence-corrected chi connectivity index (χ3v) is 4.46. The molecular weight excluding hydrogens is 306 g/mol. The van der Waals surface area contributed by atoms with Crippen LogP contribution in [0.4, 0.5) is 5.95 Å². The van der Waals surface area contributed by atoms with Gasteiger partial charge in [0, 0.05) is 19.6 Å². The summed E-state index contributed by atoms with van der Waals surface area (Å²) in [6, 6.07) is 8.06. The molecule has 2 amide bonds. The number of anilines is 1. The van der Waals surface area contributed by atoms with Crippen LogP contribution in [0.2, 0.25) is 0 Å². The lowest BCUT2D eigenvalue weighted by molar-refractivity contribution is -0.127. The average molecular weight is 329 g/mol. The van der Waals surface area contributed by atoms with Gasteiger partial charge >= 0.3 is 0 Å². The molecule has 24 heavy (non-hydrogen) atoms. The largest absolute Gasteiger partial charge is 0.368 e. The van der Waals surface area contributed by atoms with Crippen LogP contribution in [0.3, 0.4) is 0 Å². The number of aromatic nitrogens is 2. The van der Waals surface area contributed by atoms with E-state index in [9.17, 15) is 9.59 Å². The van der Waals surface area contributed by atoms with Gasteiger partial charge in [-0.15, -0.1) is 0 Å². The Morgan fingerprint density at radius 3 is 2.92 bits per heavy atom. The van der Waals surface area contributed by atoms with Crippen molar-refractivity contribution >= 4 is 28.8 Å². The first-order chi connectivity index (χ1) is 11.6. The number of imidazole rings is 1. The molecule has 3 N–H and O–H groups in total. The Morgan fingerprint density at radius 1 is 1.38 bits per heavy atom. The van der Waals surface area contributed by atoms with Gasteiger partial charge < -0.3 is 20.5 Å². The van der Waals surface area contributed by atoms with E-state index in [-0.39, 0.29) is 18.4 Å². The van der Waals surface area contributed by atoms with Crippen molar-refractivity contribution in [1.82, 2.24) is 14.9 Å². The number of nitrogens with zero attached hydrogens (tertiary/aromatic N) is 3. The Hall–Kier alpha value is -2.57. The van der Waals surface area contributed by atoms with Crippen LogP contribution in [0, 0.1) is 5.92 Å². The minimum atomic E-state index is -0.524. The van der Waals surface area contributed by atoms with Crippen LogP contribution in [0.5, 0.6) is 0 Å². The summed E-state index contributed by atoms with van der Waals surface area (Å²) in [4.78, 5) is 30.0. The van der Waals surface area contributed by atoms with Gasteiger partial charge in [-0.05, 0) is 31.9 Å². The smallest absolute Gasteiger partial charge is 0.236 e. The Balaban J connectivity index is 1.80. The molecule has 1 aliphatic heterocycles. The quantitative estimate of drug-likeness (QED) is 0.851. The molecule has 3 rings (SSSR count). The molecule has 7 nitrogen and oxygen atoms in total. The van der Waals surface area contributed by atoms with Gasteiger partial charge in [-0.25, -0.2) is 4.98 Å². The fourth-order valence-corrected chi connectivity index (χ4v) is 3.31. The summed E-state index contributed by atoms with van der Waals surface area (Å²) < 4.78 is 2.18. The standard InChI is InChI=1S/C17H23N5O2/c1-2-22-14-8-4-3-7-13(14)20-17(22)21-9-5-6-12(11-21)16(24)19-10-15(18)23/h3-4,7-8,12H,2,5-6,9-11H2,1H3,(H2,18,23)(H,19,24). The van der Waals surface area contributed by atoms with Gasteiger partial charge in [-0.2, -0.15) is 0 Å². The van der Waals surface area contributed by atoms with Crippen LogP contribution in [0.1, 0.15) is 19.8 Å². The number of hydrogen-bond donors (Lipinski definition) is 2. The van der Waals surface area contributed by atoms with E-state index in [1.54, 1.807) is 0 Å². The number of primary amides is 1. The molecule has 0 aliphatic carbocycles. The first-order valence-corrected chi connectivity index (χ1v) is 8.36. The van der Waals surface area contributed by atoms with E-state index >= 15 is 0 Å². The third-order valence-electron chi connectivity index (χ3n) is 4.46. The van der Waals surface area contributed by atoms with Gasteiger partial charge in [0.05, 0.1) is 23.5 Å². The second kappa shape index (κ2) is 6.90. The highest BCUT2D eigenvalue weighted by molar-refractivity contribution is 5.85. The number of piperidine rings is 1. The van der Waals surface area contributed by atoms with E-state index in [0.717, 1.165) is 42.9 Å². The first-order valence-electron chi connectivity index (χ1n) is 8.36. The molecular formula is C17H23N5O2.